The van der Waals surface area contributed by atoms with Gasteiger partial charge in [-0.3, -0.25) is 14.9 Å². The predicted molar refractivity (Wildman–Crippen MR) is 44.6 cm³/mol. The molecule has 0 aliphatic rings. The van der Waals surface area contributed by atoms with Crippen LogP contribution in [0.15, 0.2) is 11.0 Å². The summed E-state index contributed by atoms with van der Waals surface area (Å²) in [6.07, 6.45) is -2.60. The monoisotopic (exact) mass is 220 g/mol. The molecule has 0 radical (unpaired) electrons. The van der Waals surface area contributed by atoms with Crippen LogP contribution in [0.4, 0.5) is 14.5 Å². The van der Waals surface area contributed by atoms with E-state index in [1.54, 1.807) is 0 Å². The summed E-state index contributed by atoms with van der Waals surface area (Å²) in [6, 6.07) is 0. The number of aliphatic hydroxyl groups excluding tert-OH is 1. The number of nitrogens with one attached hydrogen (secondary N) is 1. The minimum atomic E-state index is -3.19. The molecule has 0 fully saturated rings. The first-order valence-corrected chi connectivity index (χ1v) is 3.77. The fourth-order valence-electron chi connectivity index (χ4n) is 1.13. The predicted octanol–water partition coefficient (Wildman–Crippen LogP) is 0.713. The van der Waals surface area contributed by atoms with Gasteiger partial charge in [-0.15, -0.1) is 0 Å². The van der Waals surface area contributed by atoms with E-state index < -0.39 is 40.3 Å². The molecule has 0 aliphatic carbocycles. The second kappa shape index (κ2) is 4.13. The minimum absolute atomic E-state index is 0.586. The van der Waals surface area contributed by atoms with Crippen LogP contribution in [0.25, 0.3) is 0 Å². The Morgan fingerprint density at radius 1 is 1.60 bits per heavy atom. The van der Waals surface area contributed by atoms with Crippen molar-refractivity contribution in [3.05, 3.63) is 37.8 Å². The first kappa shape index (κ1) is 11.2. The first-order chi connectivity index (χ1) is 6.99. The van der Waals surface area contributed by atoms with Crippen molar-refractivity contribution in [2.45, 2.75) is 13.0 Å². The Labute approximate surface area is 81.3 Å². The molecule has 82 valence electrons. The Morgan fingerprint density at radius 3 is 2.60 bits per heavy atom. The summed E-state index contributed by atoms with van der Waals surface area (Å²) < 4.78 is 24.9. The number of nitro groups is 1. The van der Waals surface area contributed by atoms with Gasteiger partial charge in [0.1, 0.15) is 5.56 Å². The molecule has 1 rings (SSSR count). The summed E-state index contributed by atoms with van der Waals surface area (Å²) in [7, 11) is 0. The highest BCUT2D eigenvalue weighted by Gasteiger charge is 2.27. The van der Waals surface area contributed by atoms with Gasteiger partial charge >= 0.3 is 0 Å². The molecule has 2 N–H and O–H groups in total. The van der Waals surface area contributed by atoms with Gasteiger partial charge in [0.2, 0.25) is 0 Å². The first-order valence-electron chi connectivity index (χ1n) is 3.77. The van der Waals surface area contributed by atoms with Gasteiger partial charge < -0.3 is 10.1 Å². The average molecular weight is 220 g/mol. The summed E-state index contributed by atoms with van der Waals surface area (Å²) in [5.74, 6) is 0. The molecular formula is C7H6F2N2O4. The van der Waals surface area contributed by atoms with Crippen molar-refractivity contribution in [3.8, 4) is 0 Å². The summed E-state index contributed by atoms with van der Waals surface area (Å²) in [5.41, 5.74) is -3.59. The Bertz CT molecular complexity index is 443. The van der Waals surface area contributed by atoms with E-state index in [2.05, 4.69) is 0 Å². The molecule has 1 aromatic rings. The zero-order chi connectivity index (χ0) is 11.6. The van der Waals surface area contributed by atoms with Gasteiger partial charge in [0.15, 0.2) is 0 Å². The van der Waals surface area contributed by atoms with E-state index in [-0.39, 0.29) is 0 Å². The van der Waals surface area contributed by atoms with Crippen molar-refractivity contribution in [2.24, 2.45) is 0 Å². The molecule has 1 heterocycles. The maximum Gasteiger partial charge on any atom is 0.294 e. The minimum Gasteiger partial charge on any atom is -0.391 e. The van der Waals surface area contributed by atoms with Crippen LogP contribution in [0, 0.1) is 10.1 Å². The van der Waals surface area contributed by atoms with Crippen LogP contribution in [-0.2, 0) is 6.61 Å². The number of pyridine rings is 1. The highest BCUT2D eigenvalue weighted by atomic mass is 19.3. The quantitative estimate of drug-likeness (QED) is 0.579. The number of H-pyrrole nitrogens is 1. The second-order valence-electron chi connectivity index (χ2n) is 2.61. The zero-order valence-corrected chi connectivity index (χ0v) is 7.24. The Hall–Kier alpha value is -1.83. The Balaban J connectivity index is 3.56. The van der Waals surface area contributed by atoms with Gasteiger partial charge in [0.25, 0.3) is 17.7 Å². The number of hydrogen-bond acceptors (Lipinski definition) is 4. The lowest BCUT2D eigenvalue weighted by atomic mass is 10.1. The van der Waals surface area contributed by atoms with E-state index in [0.29, 0.717) is 6.20 Å². The van der Waals surface area contributed by atoms with Crippen molar-refractivity contribution in [2.75, 3.05) is 0 Å². The molecule has 6 nitrogen and oxygen atoms in total. The highest BCUT2D eigenvalue weighted by molar-refractivity contribution is 5.43. The molecule has 0 bridgehead atoms. The summed E-state index contributed by atoms with van der Waals surface area (Å²) in [4.78, 5) is 22.2. The molecule has 1 aromatic heterocycles. The molecule has 15 heavy (non-hydrogen) atoms. The molecule has 0 aliphatic heterocycles. The molecule has 0 aromatic carbocycles. The van der Waals surface area contributed by atoms with Gasteiger partial charge in [-0.25, -0.2) is 8.78 Å². The lowest BCUT2D eigenvalue weighted by Gasteiger charge is -2.05. The number of hydrogen-bond donors (Lipinski definition) is 2. The van der Waals surface area contributed by atoms with Gasteiger partial charge in [0, 0.05) is 0 Å². The number of nitrogens with zero attached hydrogens (tertiary/aromatic N) is 1. The highest BCUT2D eigenvalue weighted by Crippen LogP contribution is 2.29. The third-order valence-electron chi connectivity index (χ3n) is 1.79. The smallest absolute Gasteiger partial charge is 0.294 e. The van der Waals surface area contributed by atoms with Crippen molar-refractivity contribution in [1.29, 1.82) is 0 Å². The van der Waals surface area contributed by atoms with Crippen LogP contribution in [0.3, 0.4) is 0 Å². The van der Waals surface area contributed by atoms with Gasteiger partial charge in [0.05, 0.1) is 23.3 Å². The van der Waals surface area contributed by atoms with Crippen molar-refractivity contribution in [1.82, 2.24) is 4.98 Å². The number of aromatic amines is 1. The molecule has 0 saturated heterocycles. The number of rotatable bonds is 3. The normalized spacial score (nSPS) is 10.7. The van der Waals surface area contributed by atoms with Crippen LogP contribution >= 0.6 is 0 Å². The molecule has 8 heteroatoms. The van der Waals surface area contributed by atoms with Crippen LogP contribution in [0.2, 0.25) is 0 Å². The Morgan fingerprint density at radius 2 is 2.20 bits per heavy atom. The fourth-order valence-corrected chi connectivity index (χ4v) is 1.13. The van der Waals surface area contributed by atoms with Crippen molar-refractivity contribution < 1.29 is 18.8 Å². The molecular weight excluding hydrogens is 214 g/mol. The lowest BCUT2D eigenvalue weighted by Crippen LogP contribution is -2.17. The number of halogens is 2. The maximum absolute atomic E-state index is 12.4. The van der Waals surface area contributed by atoms with Crippen molar-refractivity contribution >= 4 is 5.69 Å². The molecule has 0 spiro atoms. The Kier molecular flexibility index (Phi) is 3.10. The standard InChI is InChI=1S/C7H6F2N2O4/c8-6(9)5-3(2-12)7(13)10-1-4(5)11(14)15/h1,6,12H,2H2,(H,10,13). The number of alkyl halides is 2. The summed E-state index contributed by atoms with van der Waals surface area (Å²) in [5, 5.41) is 19.1. The van der Waals surface area contributed by atoms with E-state index >= 15 is 0 Å². The molecule has 0 atom stereocenters. The van der Waals surface area contributed by atoms with Crippen LogP contribution in [0.5, 0.6) is 0 Å². The summed E-state index contributed by atoms with van der Waals surface area (Å²) in [6.45, 7) is -0.976. The fraction of sp³-hybridized carbons (Fsp3) is 0.286. The summed E-state index contributed by atoms with van der Waals surface area (Å²) >= 11 is 0. The number of aromatic nitrogens is 1. The molecule has 0 saturated carbocycles. The molecule has 0 amide bonds. The molecule has 0 unspecified atom stereocenters. The van der Waals surface area contributed by atoms with Crippen LogP contribution < -0.4 is 5.56 Å². The second-order valence-corrected chi connectivity index (χ2v) is 2.61. The van der Waals surface area contributed by atoms with Gasteiger partial charge in [-0.1, -0.05) is 0 Å². The topological polar surface area (TPSA) is 96.2 Å². The zero-order valence-electron chi connectivity index (χ0n) is 7.24. The largest absolute Gasteiger partial charge is 0.391 e. The SMILES string of the molecule is O=c1[nH]cc([N+](=O)[O-])c(C(F)F)c1CO. The van der Waals surface area contributed by atoms with E-state index in [1.165, 1.54) is 0 Å². The third kappa shape index (κ3) is 1.99. The maximum atomic E-state index is 12.4. The van der Waals surface area contributed by atoms with Gasteiger partial charge in [-0.05, 0) is 0 Å². The van der Waals surface area contributed by atoms with E-state index in [9.17, 15) is 23.7 Å². The van der Waals surface area contributed by atoms with Crippen LogP contribution in [-0.4, -0.2) is 15.0 Å². The van der Waals surface area contributed by atoms with E-state index in [1.807, 2.05) is 4.98 Å². The average Bonchev–Trinajstić information content (AvgIpc) is 2.16. The third-order valence-corrected chi connectivity index (χ3v) is 1.79. The van der Waals surface area contributed by atoms with Gasteiger partial charge in [-0.2, -0.15) is 0 Å². The van der Waals surface area contributed by atoms with Crippen LogP contribution in [0.1, 0.15) is 17.6 Å². The number of aliphatic hydroxyl groups is 1. The lowest BCUT2D eigenvalue weighted by molar-refractivity contribution is -0.386. The van der Waals surface area contributed by atoms with E-state index in [4.69, 9.17) is 5.11 Å². The van der Waals surface area contributed by atoms with E-state index in [0.717, 1.165) is 0 Å². The van der Waals surface area contributed by atoms with Crippen molar-refractivity contribution in [3.63, 3.8) is 0 Å².